The number of aliphatic hydroxyl groups is 1. The number of nitrogens with two attached hydrogens (primary N) is 1. The van der Waals surface area contributed by atoms with Gasteiger partial charge >= 0.3 is 0 Å². The lowest BCUT2D eigenvalue weighted by molar-refractivity contribution is 0.350. The van der Waals surface area contributed by atoms with E-state index in [1.807, 2.05) is 13.0 Å². The van der Waals surface area contributed by atoms with Crippen LogP contribution in [0.2, 0.25) is 0 Å². The summed E-state index contributed by atoms with van der Waals surface area (Å²) in [5.74, 6) is 7.37. The molecule has 35 heavy (non-hydrogen) atoms. The minimum Gasteiger partial charge on any atom is -0.398 e. The molecule has 4 aromatic rings. The first-order chi connectivity index (χ1) is 17.0. The minimum absolute atomic E-state index is 0.0796. The third-order valence-corrected chi connectivity index (χ3v) is 5.93. The second-order valence-corrected chi connectivity index (χ2v) is 8.41. The lowest BCUT2D eigenvalue weighted by Gasteiger charge is -2.23. The van der Waals surface area contributed by atoms with Crippen LogP contribution < -0.4 is 16.6 Å². The third kappa shape index (κ3) is 4.22. The molecule has 0 radical (unpaired) electrons. The first-order valence-corrected chi connectivity index (χ1v) is 11.5. The zero-order valence-corrected chi connectivity index (χ0v) is 19.4. The summed E-state index contributed by atoms with van der Waals surface area (Å²) in [4.78, 5) is 27.5. The molecule has 1 aliphatic rings. The number of nitrogens with zero attached hydrogens (tertiary/aromatic N) is 5. The van der Waals surface area contributed by atoms with Crippen LogP contribution in [-0.2, 0) is 0 Å². The molecule has 10 heteroatoms. The maximum atomic E-state index is 13.7. The number of pyridine rings is 1. The van der Waals surface area contributed by atoms with Crippen molar-refractivity contribution in [1.29, 1.82) is 0 Å². The number of aryl methyl sites for hydroxylation is 1. The highest BCUT2D eigenvalue weighted by Crippen LogP contribution is 2.38. The Labute approximate surface area is 201 Å². The van der Waals surface area contributed by atoms with Gasteiger partial charge in [0.05, 0.1) is 16.9 Å². The van der Waals surface area contributed by atoms with Gasteiger partial charge in [-0.05, 0) is 44.4 Å². The van der Waals surface area contributed by atoms with Crippen LogP contribution in [0.3, 0.4) is 0 Å². The lowest BCUT2D eigenvalue weighted by Crippen LogP contribution is -2.29. The van der Waals surface area contributed by atoms with E-state index in [-0.39, 0.29) is 30.1 Å². The molecule has 4 N–H and O–H groups in total. The maximum Gasteiger partial charge on any atom is 0.263 e. The van der Waals surface area contributed by atoms with Gasteiger partial charge in [-0.15, -0.1) is 0 Å². The molecule has 0 amide bonds. The zero-order valence-electron chi connectivity index (χ0n) is 19.4. The second-order valence-electron chi connectivity index (χ2n) is 8.41. The Morgan fingerprint density at radius 1 is 1.31 bits per heavy atom. The number of nitrogen functional groups attached to an aromatic ring is 1. The molecule has 0 aliphatic heterocycles. The Kier molecular flexibility index (Phi) is 5.93. The van der Waals surface area contributed by atoms with Crippen molar-refractivity contribution in [2.24, 2.45) is 0 Å². The fourth-order valence-corrected chi connectivity index (χ4v) is 4.15. The number of aromatic nitrogens is 5. The normalized spacial score (nSPS) is 13.9. The molecule has 0 bridgehead atoms. The summed E-state index contributed by atoms with van der Waals surface area (Å²) >= 11 is 0. The highest BCUT2D eigenvalue weighted by Gasteiger charge is 2.32. The SMILES string of the molecule is CC[C@H](Nc1nccc(N)c1-c1nc(C)no1)c1nc2cccc(C#CCO)c2c(=O)n1C1CC1. The van der Waals surface area contributed by atoms with Crippen molar-refractivity contribution in [3.05, 3.63) is 58.0 Å². The van der Waals surface area contributed by atoms with Crippen molar-refractivity contribution in [2.75, 3.05) is 17.7 Å². The van der Waals surface area contributed by atoms with Crippen LogP contribution in [0.15, 0.2) is 39.8 Å². The van der Waals surface area contributed by atoms with Crippen molar-refractivity contribution in [3.63, 3.8) is 0 Å². The quantitative estimate of drug-likeness (QED) is 0.361. The van der Waals surface area contributed by atoms with Crippen LogP contribution in [-0.4, -0.2) is 36.4 Å². The molecule has 178 valence electrons. The number of nitrogens with one attached hydrogen (secondary N) is 1. The number of rotatable bonds is 6. The van der Waals surface area contributed by atoms with Gasteiger partial charge in [-0.2, -0.15) is 4.98 Å². The number of fused-ring (bicyclic) bond motifs is 1. The summed E-state index contributed by atoms with van der Waals surface area (Å²) in [5, 5.41) is 16.9. The molecule has 3 aromatic heterocycles. The molecule has 1 aliphatic carbocycles. The van der Waals surface area contributed by atoms with Crippen molar-refractivity contribution < 1.29 is 9.63 Å². The van der Waals surface area contributed by atoms with E-state index >= 15 is 0 Å². The van der Waals surface area contributed by atoms with Gasteiger partial charge in [-0.25, -0.2) is 9.97 Å². The predicted molar refractivity (Wildman–Crippen MR) is 132 cm³/mol. The topological polar surface area (TPSA) is 145 Å². The van der Waals surface area contributed by atoms with E-state index in [1.54, 1.807) is 35.9 Å². The van der Waals surface area contributed by atoms with E-state index < -0.39 is 0 Å². The fourth-order valence-electron chi connectivity index (χ4n) is 4.15. The van der Waals surface area contributed by atoms with Crippen LogP contribution in [0.5, 0.6) is 0 Å². The Morgan fingerprint density at radius 3 is 2.83 bits per heavy atom. The maximum absolute atomic E-state index is 13.7. The summed E-state index contributed by atoms with van der Waals surface area (Å²) in [6.45, 7) is 3.46. The Balaban J connectivity index is 1.65. The van der Waals surface area contributed by atoms with E-state index in [2.05, 4.69) is 32.3 Å². The van der Waals surface area contributed by atoms with Crippen LogP contribution in [0.25, 0.3) is 22.4 Å². The third-order valence-electron chi connectivity index (χ3n) is 5.93. The summed E-state index contributed by atoms with van der Waals surface area (Å²) in [6, 6.07) is 6.80. The Bertz CT molecular complexity index is 1530. The van der Waals surface area contributed by atoms with Gasteiger partial charge in [0.1, 0.15) is 23.8 Å². The molecule has 3 heterocycles. The van der Waals surface area contributed by atoms with Crippen LogP contribution in [0.4, 0.5) is 11.5 Å². The monoisotopic (exact) mass is 471 g/mol. The van der Waals surface area contributed by atoms with Gasteiger partial charge < -0.3 is 20.7 Å². The van der Waals surface area contributed by atoms with Crippen molar-refractivity contribution in [2.45, 2.75) is 45.2 Å². The number of aliphatic hydroxyl groups excluding tert-OH is 1. The van der Waals surface area contributed by atoms with E-state index in [1.165, 1.54) is 0 Å². The molecule has 0 saturated heterocycles. The molecule has 1 atom stereocenters. The lowest BCUT2D eigenvalue weighted by atomic mass is 10.1. The summed E-state index contributed by atoms with van der Waals surface area (Å²) in [7, 11) is 0. The minimum atomic E-state index is -0.336. The van der Waals surface area contributed by atoms with Crippen molar-refractivity contribution >= 4 is 22.4 Å². The van der Waals surface area contributed by atoms with Crippen LogP contribution in [0.1, 0.15) is 55.5 Å². The number of hydrogen-bond donors (Lipinski definition) is 3. The van der Waals surface area contributed by atoms with Gasteiger partial charge in [0.2, 0.25) is 0 Å². The van der Waals surface area contributed by atoms with Gasteiger partial charge in [0.15, 0.2) is 5.82 Å². The van der Waals surface area contributed by atoms with E-state index in [0.717, 1.165) is 12.8 Å². The van der Waals surface area contributed by atoms with Crippen LogP contribution >= 0.6 is 0 Å². The largest absolute Gasteiger partial charge is 0.398 e. The van der Waals surface area contributed by atoms with Gasteiger partial charge in [0.25, 0.3) is 11.4 Å². The predicted octanol–water partition coefficient (Wildman–Crippen LogP) is 2.97. The molecule has 5 rings (SSSR count). The molecule has 1 saturated carbocycles. The van der Waals surface area contributed by atoms with Gasteiger partial charge in [-0.1, -0.05) is 30.0 Å². The molecule has 1 fully saturated rings. The average molecular weight is 472 g/mol. The van der Waals surface area contributed by atoms with Gasteiger partial charge in [0, 0.05) is 23.5 Å². The summed E-state index contributed by atoms with van der Waals surface area (Å²) in [5.41, 5.74) is 8.18. The number of anilines is 2. The first kappa shape index (κ1) is 22.6. The molecule has 10 nitrogen and oxygen atoms in total. The average Bonchev–Trinajstić information content (AvgIpc) is 3.60. The van der Waals surface area contributed by atoms with E-state index in [9.17, 15) is 4.79 Å². The van der Waals surface area contributed by atoms with Crippen molar-refractivity contribution in [3.8, 4) is 23.3 Å². The molecular formula is C25H25N7O3. The Hall–Kier alpha value is -4.23. The van der Waals surface area contributed by atoms with Gasteiger partial charge in [-0.3, -0.25) is 9.36 Å². The molecule has 0 unspecified atom stereocenters. The highest BCUT2D eigenvalue weighted by molar-refractivity contribution is 5.85. The zero-order chi connectivity index (χ0) is 24.5. The Morgan fingerprint density at radius 2 is 2.14 bits per heavy atom. The van der Waals surface area contributed by atoms with Crippen LogP contribution in [0, 0.1) is 18.8 Å². The molecule has 0 spiro atoms. The standard InChI is InChI=1S/C25H25N7O3/c1-3-18(29-22-21(17(26)11-12-27-22)24-28-14(2)31-35-24)23-30-19-8-4-6-15(7-5-13-33)20(19)25(34)32(23)16-9-10-16/h4,6,8,11-12,16,18,33H,3,9-10,13H2,1-2H3,(H3,26,27,29)/t18-/m0/s1. The van der Waals surface area contributed by atoms with Crippen molar-refractivity contribution in [1.82, 2.24) is 24.7 Å². The fraction of sp³-hybridized carbons (Fsp3) is 0.320. The summed E-state index contributed by atoms with van der Waals surface area (Å²) in [6.07, 6.45) is 4.05. The second kappa shape index (κ2) is 9.19. The molecular weight excluding hydrogens is 446 g/mol. The first-order valence-electron chi connectivity index (χ1n) is 11.5. The highest BCUT2D eigenvalue weighted by atomic mass is 16.5. The number of benzene rings is 1. The smallest absolute Gasteiger partial charge is 0.263 e. The number of hydrogen-bond acceptors (Lipinski definition) is 9. The van der Waals surface area contributed by atoms with E-state index in [0.29, 0.717) is 51.6 Å². The summed E-state index contributed by atoms with van der Waals surface area (Å²) < 4.78 is 7.14. The molecule has 1 aromatic carbocycles. The van der Waals surface area contributed by atoms with E-state index in [4.69, 9.17) is 20.3 Å².